The molecule has 19 heavy (non-hydrogen) atoms. The van der Waals surface area contributed by atoms with Gasteiger partial charge in [-0.05, 0) is 25.2 Å². The Kier molecular flexibility index (Phi) is 4.09. The van der Waals surface area contributed by atoms with E-state index in [1.54, 1.807) is 0 Å². The second-order valence-corrected chi connectivity index (χ2v) is 10.7. The third-order valence-corrected chi connectivity index (χ3v) is 4.27. The summed E-state index contributed by atoms with van der Waals surface area (Å²) in [6.45, 7) is 9.00. The Morgan fingerprint density at radius 3 is 2.58 bits per heavy atom. The third-order valence-electron chi connectivity index (χ3n) is 3.27. The van der Waals surface area contributed by atoms with Crippen LogP contribution in [0.2, 0.25) is 19.6 Å². The van der Waals surface area contributed by atoms with E-state index in [-0.39, 0.29) is 0 Å². The minimum atomic E-state index is -1.69. The Balaban J connectivity index is 2.00. The monoisotopic (exact) mass is 274 g/mol. The van der Waals surface area contributed by atoms with Crippen LogP contribution in [0.4, 0.5) is 0 Å². The summed E-state index contributed by atoms with van der Waals surface area (Å²) in [5, 5.41) is 9.48. The first kappa shape index (κ1) is 14.3. The van der Waals surface area contributed by atoms with Crippen molar-refractivity contribution in [3.8, 4) is 6.07 Å². The second-order valence-electron chi connectivity index (χ2n) is 6.27. The molecule has 1 aromatic rings. The normalized spacial score (nSPS) is 24.3. The van der Waals surface area contributed by atoms with E-state index in [0.717, 1.165) is 26.1 Å². The fraction of sp³-hybridized carbons (Fsp3) is 0.533. The van der Waals surface area contributed by atoms with Crippen LogP contribution in [0.15, 0.2) is 30.3 Å². The summed E-state index contributed by atoms with van der Waals surface area (Å²) in [5.74, 6) is 0. The van der Waals surface area contributed by atoms with Gasteiger partial charge in [0.25, 0.3) is 0 Å². The van der Waals surface area contributed by atoms with Crippen molar-refractivity contribution in [1.29, 1.82) is 5.26 Å². The standard InChI is InChI=1S/C15H22N2OSi/c1-19(2,3)18-15(12-16)9-10-17(13-15)11-14-7-5-4-6-8-14/h4-8H,9-11,13H2,1-3H3. The van der Waals surface area contributed by atoms with Gasteiger partial charge in [-0.25, -0.2) is 0 Å². The Labute approximate surface area is 116 Å². The summed E-state index contributed by atoms with van der Waals surface area (Å²) in [4.78, 5) is 2.32. The molecule has 0 saturated carbocycles. The van der Waals surface area contributed by atoms with Crippen LogP contribution in [-0.4, -0.2) is 31.9 Å². The van der Waals surface area contributed by atoms with Crippen molar-refractivity contribution in [2.24, 2.45) is 0 Å². The van der Waals surface area contributed by atoms with E-state index < -0.39 is 13.9 Å². The van der Waals surface area contributed by atoms with E-state index in [9.17, 15) is 5.26 Å². The molecule has 0 aliphatic carbocycles. The number of nitriles is 1. The molecule has 1 aliphatic heterocycles. The van der Waals surface area contributed by atoms with Crippen molar-refractivity contribution in [2.45, 2.75) is 38.2 Å². The van der Waals surface area contributed by atoms with E-state index >= 15 is 0 Å². The molecule has 0 radical (unpaired) electrons. The lowest BCUT2D eigenvalue weighted by atomic mass is 10.1. The number of likely N-dealkylation sites (tertiary alicyclic amines) is 1. The number of benzene rings is 1. The lowest BCUT2D eigenvalue weighted by molar-refractivity contribution is 0.124. The van der Waals surface area contributed by atoms with E-state index in [0.29, 0.717) is 0 Å². The lowest BCUT2D eigenvalue weighted by Crippen LogP contribution is -2.43. The van der Waals surface area contributed by atoms with Crippen LogP contribution >= 0.6 is 0 Å². The molecule has 1 atom stereocenters. The molecule has 0 aromatic heterocycles. The molecule has 1 fully saturated rings. The van der Waals surface area contributed by atoms with E-state index in [1.165, 1.54) is 5.56 Å². The molecule has 1 aliphatic rings. The average Bonchev–Trinajstić information content (AvgIpc) is 2.72. The van der Waals surface area contributed by atoms with Crippen molar-refractivity contribution in [1.82, 2.24) is 4.90 Å². The summed E-state index contributed by atoms with van der Waals surface area (Å²) in [6, 6.07) is 12.8. The van der Waals surface area contributed by atoms with Gasteiger partial charge in [0.2, 0.25) is 0 Å². The maximum atomic E-state index is 9.48. The Morgan fingerprint density at radius 1 is 1.32 bits per heavy atom. The van der Waals surface area contributed by atoms with E-state index in [1.807, 2.05) is 6.07 Å². The molecule has 0 bridgehead atoms. The van der Waals surface area contributed by atoms with Crippen molar-refractivity contribution in [3.63, 3.8) is 0 Å². The largest absolute Gasteiger partial charge is 0.399 e. The highest BCUT2D eigenvalue weighted by Crippen LogP contribution is 2.29. The van der Waals surface area contributed by atoms with Crippen LogP contribution in [0.25, 0.3) is 0 Å². The van der Waals surface area contributed by atoms with Crippen LogP contribution < -0.4 is 0 Å². The highest BCUT2D eigenvalue weighted by atomic mass is 28.4. The summed E-state index contributed by atoms with van der Waals surface area (Å²) >= 11 is 0. The SMILES string of the molecule is C[Si](C)(C)OC1(C#N)CCN(Cc2ccccc2)C1. The van der Waals surface area contributed by atoms with E-state index in [4.69, 9.17) is 4.43 Å². The fourth-order valence-electron chi connectivity index (χ4n) is 2.62. The first-order valence-electron chi connectivity index (χ1n) is 6.80. The lowest BCUT2D eigenvalue weighted by Gasteiger charge is -2.30. The van der Waals surface area contributed by atoms with E-state index in [2.05, 4.69) is 54.9 Å². The number of hydrogen-bond donors (Lipinski definition) is 0. The summed E-state index contributed by atoms with van der Waals surface area (Å²) in [5.41, 5.74) is 0.712. The Hall–Kier alpha value is -1.15. The molecule has 1 heterocycles. The highest BCUT2D eigenvalue weighted by Gasteiger charge is 2.42. The van der Waals surface area contributed by atoms with Gasteiger partial charge in [0.15, 0.2) is 13.9 Å². The molecule has 2 rings (SSSR count). The maximum absolute atomic E-state index is 9.48. The zero-order valence-electron chi connectivity index (χ0n) is 12.0. The minimum absolute atomic E-state index is 0.584. The molecule has 0 spiro atoms. The van der Waals surface area contributed by atoms with Gasteiger partial charge in [0.1, 0.15) is 0 Å². The molecule has 1 unspecified atom stereocenters. The number of nitrogens with zero attached hydrogens (tertiary/aromatic N) is 2. The smallest absolute Gasteiger partial charge is 0.185 e. The van der Waals surface area contributed by atoms with Crippen LogP contribution in [0, 0.1) is 11.3 Å². The Morgan fingerprint density at radius 2 is 2.00 bits per heavy atom. The van der Waals surface area contributed by atoms with Gasteiger partial charge >= 0.3 is 0 Å². The zero-order chi connectivity index (χ0) is 13.9. The molecule has 4 heteroatoms. The van der Waals surface area contributed by atoms with Crippen LogP contribution in [0.3, 0.4) is 0 Å². The van der Waals surface area contributed by atoms with Crippen LogP contribution in [0.1, 0.15) is 12.0 Å². The fourth-order valence-corrected chi connectivity index (χ4v) is 4.00. The first-order valence-corrected chi connectivity index (χ1v) is 10.2. The van der Waals surface area contributed by atoms with Crippen molar-refractivity contribution in [3.05, 3.63) is 35.9 Å². The summed E-state index contributed by atoms with van der Waals surface area (Å²) in [7, 11) is -1.69. The number of rotatable bonds is 4. The predicted molar refractivity (Wildman–Crippen MR) is 79.1 cm³/mol. The van der Waals surface area contributed by atoms with Crippen molar-refractivity contribution >= 4 is 8.32 Å². The molecule has 102 valence electrons. The molecule has 0 amide bonds. The second kappa shape index (κ2) is 5.46. The maximum Gasteiger partial charge on any atom is 0.185 e. The van der Waals surface area contributed by atoms with Crippen LogP contribution in [-0.2, 0) is 11.0 Å². The highest BCUT2D eigenvalue weighted by molar-refractivity contribution is 6.69. The minimum Gasteiger partial charge on any atom is -0.399 e. The van der Waals surface area contributed by atoms with Crippen molar-refractivity contribution < 1.29 is 4.43 Å². The van der Waals surface area contributed by atoms with Gasteiger partial charge in [-0.2, -0.15) is 5.26 Å². The van der Waals surface area contributed by atoms with Gasteiger partial charge in [0.05, 0.1) is 6.07 Å². The van der Waals surface area contributed by atoms with Crippen molar-refractivity contribution in [2.75, 3.05) is 13.1 Å². The van der Waals surface area contributed by atoms with Gasteiger partial charge in [-0.3, -0.25) is 4.90 Å². The summed E-state index contributed by atoms with van der Waals surface area (Å²) in [6.07, 6.45) is 0.820. The predicted octanol–water partition coefficient (Wildman–Crippen LogP) is 3.01. The first-order chi connectivity index (χ1) is 8.92. The van der Waals surface area contributed by atoms with Gasteiger partial charge < -0.3 is 4.43 Å². The van der Waals surface area contributed by atoms with Gasteiger partial charge in [0, 0.05) is 26.1 Å². The molecule has 3 nitrogen and oxygen atoms in total. The molecular formula is C15H22N2OSi. The molecule has 1 aromatic carbocycles. The quantitative estimate of drug-likeness (QED) is 0.792. The topological polar surface area (TPSA) is 36.3 Å². The molecule has 1 saturated heterocycles. The molecule has 0 N–H and O–H groups in total. The van der Waals surface area contributed by atoms with Gasteiger partial charge in [-0.1, -0.05) is 30.3 Å². The van der Waals surface area contributed by atoms with Crippen LogP contribution in [0.5, 0.6) is 0 Å². The molecular weight excluding hydrogens is 252 g/mol. The zero-order valence-corrected chi connectivity index (χ0v) is 13.0. The number of hydrogen-bond acceptors (Lipinski definition) is 3. The third kappa shape index (κ3) is 3.90. The Bertz CT molecular complexity index is 463. The summed E-state index contributed by atoms with van der Waals surface area (Å²) < 4.78 is 6.14. The average molecular weight is 274 g/mol. The van der Waals surface area contributed by atoms with Gasteiger partial charge in [-0.15, -0.1) is 0 Å².